The lowest BCUT2D eigenvalue weighted by Crippen LogP contribution is -2.41. The fraction of sp³-hybridized carbons (Fsp3) is 0.588. The Morgan fingerprint density at radius 3 is 2.76 bits per heavy atom. The average molecular weight is 291 g/mol. The van der Waals surface area contributed by atoms with Gasteiger partial charge in [0.25, 0.3) is 0 Å². The highest BCUT2D eigenvalue weighted by Crippen LogP contribution is 2.18. The van der Waals surface area contributed by atoms with E-state index in [9.17, 15) is 4.79 Å². The normalized spacial score (nSPS) is 18.6. The zero-order chi connectivity index (χ0) is 15.1. The van der Waals surface area contributed by atoms with Crippen LogP contribution in [0.5, 0.6) is 5.75 Å². The number of nitrogens with zero attached hydrogens (tertiary/aromatic N) is 1. The van der Waals surface area contributed by atoms with Gasteiger partial charge in [-0.25, -0.2) is 0 Å². The monoisotopic (exact) mass is 291 g/mol. The topological polar surface area (TPSA) is 38.8 Å². The molecule has 1 saturated heterocycles. The van der Waals surface area contributed by atoms with Crippen LogP contribution in [-0.4, -0.2) is 44.2 Å². The van der Waals surface area contributed by atoms with Crippen molar-refractivity contribution in [2.45, 2.75) is 26.2 Å². The maximum Gasteiger partial charge on any atom is 0.226 e. The van der Waals surface area contributed by atoms with E-state index in [1.54, 1.807) is 7.11 Å². The molecule has 0 aromatic heterocycles. The van der Waals surface area contributed by atoms with Gasteiger partial charge in [0.1, 0.15) is 5.75 Å². The van der Waals surface area contributed by atoms with Gasteiger partial charge in [-0.05, 0) is 43.4 Å². The molecule has 1 unspecified atom stereocenters. The van der Waals surface area contributed by atoms with Crippen molar-refractivity contribution in [2.24, 2.45) is 5.92 Å². The van der Waals surface area contributed by atoms with E-state index in [-0.39, 0.29) is 5.91 Å². The maximum absolute atomic E-state index is 12.4. The molecule has 1 fully saturated rings. The Kier molecular flexibility index (Phi) is 6.05. The number of piperidine rings is 1. The molecular formula is C17H25NO3. The molecule has 1 aromatic rings. The van der Waals surface area contributed by atoms with Crippen LogP contribution in [0.4, 0.5) is 0 Å². The number of hydrogen-bond donors (Lipinski definition) is 0. The number of benzene rings is 1. The minimum atomic E-state index is 0.208. The van der Waals surface area contributed by atoms with E-state index < -0.39 is 0 Å². The van der Waals surface area contributed by atoms with E-state index in [1.807, 2.05) is 36.1 Å². The molecule has 0 spiro atoms. The third-order valence-corrected chi connectivity index (χ3v) is 3.86. The summed E-state index contributed by atoms with van der Waals surface area (Å²) < 4.78 is 10.6. The van der Waals surface area contributed by atoms with Crippen molar-refractivity contribution in [3.8, 4) is 5.75 Å². The van der Waals surface area contributed by atoms with Crippen LogP contribution in [0.3, 0.4) is 0 Å². The first-order valence-electron chi connectivity index (χ1n) is 7.71. The van der Waals surface area contributed by atoms with Crippen molar-refractivity contribution in [2.75, 3.05) is 33.4 Å². The first-order chi connectivity index (χ1) is 10.2. The van der Waals surface area contributed by atoms with Gasteiger partial charge >= 0.3 is 0 Å². The van der Waals surface area contributed by atoms with E-state index in [1.165, 1.54) is 0 Å². The second kappa shape index (κ2) is 8.03. The molecule has 4 heteroatoms. The van der Waals surface area contributed by atoms with Crippen molar-refractivity contribution in [3.05, 3.63) is 29.8 Å². The van der Waals surface area contributed by atoms with Gasteiger partial charge < -0.3 is 14.4 Å². The number of methoxy groups -OCH3 is 1. The minimum Gasteiger partial charge on any atom is -0.494 e. The van der Waals surface area contributed by atoms with Gasteiger partial charge in [0, 0.05) is 20.2 Å². The molecule has 116 valence electrons. The van der Waals surface area contributed by atoms with Gasteiger partial charge in [0.05, 0.1) is 19.6 Å². The van der Waals surface area contributed by atoms with Crippen LogP contribution in [0.2, 0.25) is 0 Å². The van der Waals surface area contributed by atoms with Crippen LogP contribution < -0.4 is 4.74 Å². The predicted molar refractivity (Wildman–Crippen MR) is 82.5 cm³/mol. The Balaban J connectivity index is 1.88. The van der Waals surface area contributed by atoms with Crippen LogP contribution in [0, 0.1) is 5.92 Å². The second-order valence-corrected chi connectivity index (χ2v) is 5.56. The maximum atomic E-state index is 12.4. The molecule has 0 N–H and O–H groups in total. The quantitative estimate of drug-likeness (QED) is 0.808. The van der Waals surface area contributed by atoms with Crippen molar-refractivity contribution >= 4 is 5.91 Å². The molecule has 0 aliphatic carbocycles. The summed E-state index contributed by atoms with van der Waals surface area (Å²) in [5, 5.41) is 0. The summed E-state index contributed by atoms with van der Waals surface area (Å²) in [6.07, 6.45) is 2.69. The molecule has 4 nitrogen and oxygen atoms in total. The molecule has 0 bridgehead atoms. The number of carbonyl (C=O) groups is 1. The van der Waals surface area contributed by atoms with Gasteiger partial charge in [0.2, 0.25) is 5.91 Å². The number of rotatable bonds is 6. The first kappa shape index (κ1) is 15.8. The van der Waals surface area contributed by atoms with Crippen molar-refractivity contribution in [1.82, 2.24) is 4.90 Å². The Bertz CT molecular complexity index is 442. The molecule has 2 rings (SSSR count). The summed E-state index contributed by atoms with van der Waals surface area (Å²) in [6, 6.07) is 7.80. The Hall–Kier alpha value is -1.55. The molecule has 1 aliphatic rings. The number of likely N-dealkylation sites (tertiary alicyclic amines) is 1. The fourth-order valence-corrected chi connectivity index (χ4v) is 2.82. The summed E-state index contributed by atoms with van der Waals surface area (Å²) in [5.41, 5.74) is 1.04. The molecule has 1 aromatic carbocycles. The van der Waals surface area contributed by atoms with E-state index in [0.29, 0.717) is 18.9 Å². The van der Waals surface area contributed by atoms with E-state index in [4.69, 9.17) is 9.47 Å². The highest BCUT2D eigenvalue weighted by Gasteiger charge is 2.23. The highest BCUT2D eigenvalue weighted by molar-refractivity contribution is 5.78. The SMILES string of the molecule is CCOc1ccc(CC(=O)N2CCCC(COC)C2)cc1. The molecule has 1 aliphatic heterocycles. The summed E-state index contributed by atoms with van der Waals surface area (Å²) in [4.78, 5) is 14.4. The van der Waals surface area contributed by atoms with Gasteiger partial charge in [-0.2, -0.15) is 0 Å². The van der Waals surface area contributed by atoms with Gasteiger partial charge in [0.15, 0.2) is 0 Å². The van der Waals surface area contributed by atoms with Crippen molar-refractivity contribution < 1.29 is 14.3 Å². The number of ether oxygens (including phenoxy) is 2. The van der Waals surface area contributed by atoms with Crippen LogP contribution in [0.1, 0.15) is 25.3 Å². The standard InChI is InChI=1S/C17H25NO3/c1-3-21-16-8-6-14(7-9-16)11-17(19)18-10-4-5-15(12-18)13-20-2/h6-9,15H,3-5,10-13H2,1-2H3. The molecule has 21 heavy (non-hydrogen) atoms. The van der Waals surface area contributed by atoms with Crippen molar-refractivity contribution in [3.63, 3.8) is 0 Å². The fourth-order valence-electron chi connectivity index (χ4n) is 2.82. The van der Waals surface area contributed by atoms with E-state index in [2.05, 4.69) is 0 Å². The molecule has 0 radical (unpaired) electrons. The highest BCUT2D eigenvalue weighted by atomic mass is 16.5. The van der Waals surface area contributed by atoms with E-state index in [0.717, 1.165) is 43.9 Å². The van der Waals surface area contributed by atoms with Gasteiger partial charge in [-0.15, -0.1) is 0 Å². The first-order valence-corrected chi connectivity index (χ1v) is 7.71. The predicted octanol–water partition coefficient (Wildman–Crippen LogP) is 2.51. The van der Waals surface area contributed by atoms with Gasteiger partial charge in [-0.3, -0.25) is 4.79 Å². The Morgan fingerprint density at radius 1 is 1.33 bits per heavy atom. The summed E-state index contributed by atoms with van der Waals surface area (Å²) >= 11 is 0. The second-order valence-electron chi connectivity index (χ2n) is 5.56. The van der Waals surface area contributed by atoms with Crippen molar-refractivity contribution in [1.29, 1.82) is 0 Å². The lowest BCUT2D eigenvalue weighted by atomic mass is 9.98. The Labute approximate surface area is 127 Å². The van der Waals surface area contributed by atoms with Crippen LogP contribution in [0.15, 0.2) is 24.3 Å². The molecule has 1 atom stereocenters. The summed E-state index contributed by atoms with van der Waals surface area (Å²) in [6.45, 7) is 5.06. The third-order valence-electron chi connectivity index (χ3n) is 3.86. The minimum absolute atomic E-state index is 0.208. The van der Waals surface area contributed by atoms with Gasteiger partial charge in [-0.1, -0.05) is 12.1 Å². The zero-order valence-corrected chi connectivity index (χ0v) is 13.0. The smallest absolute Gasteiger partial charge is 0.226 e. The van der Waals surface area contributed by atoms with Crippen LogP contribution >= 0.6 is 0 Å². The average Bonchev–Trinajstić information content (AvgIpc) is 2.50. The largest absolute Gasteiger partial charge is 0.494 e. The van der Waals surface area contributed by atoms with Crippen LogP contribution in [0.25, 0.3) is 0 Å². The lowest BCUT2D eigenvalue weighted by molar-refractivity contribution is -0.132. The third kappa shape index (κ3) is 4.74. The number of carbonyl (C=O) groups excluding carboxylic acids is 1. The van der Waals surface area contributed by atoms with Crippen LogP contribution in [-0.2, 0) is 16.0 Å². The molecule has 1 heterocycles. The summed E-state index contributed by atoms with van der Waals surface area (Å²) in [5.74, 6) is 1.54. The zero-order valence-electron chi connectivity index (χ0n) is 13.0. The lowest BCUT2D eigenvalue weighted by Gasteiger charge is -2.32. The van der Waals surface area contributed by atoms with E-state index >= 15 is 0 Å². The number of amides is 1. The molecular weight excluding hydrogens is 266 g/mol. The molecule has 0 saturated carbocycles. The molecule has 1 amide bonds. The number of hydrogen-bond acceptors (Lipinski definition) is 3. The Morgan fingerprint density at radius 2 is 2.10 bits per heavy atom. The summed E-state index contributed by atoms with van der Waals surface area (Å²) in [7, 11) is 1.72.